The minimum atomic E-state index is -0.539. The van der Waals surface area contributed by atoms with Gasteiger partial charge in [-0.05, 0) is 42.6 Å². The zero-order chi connectivity index (χ0) is 14.4. The summed E-state index contributed by atoms with van der Waals surface area (Å²) >= 11 is 1.62. The van der Waals surface area contributed by atoms with E-state index in [0.717, 1.165) is 10.6 Å². The maximum Gasteiger partial charge on any atom is 0.261 e. The van der Waals surface area contributed by atoms with E-state index in [9.17, 15) is 4.79 Å². The highest BCUT2D eigenvalue weighted by atomic mass is 32.1. The highest BCUT2D eigenvalue weighted by Crippen LogP contribution is 2.18. The number of nitrogens with one attached hydrogen (secondary N) is 1. The van der Waals surface area contributed by atoms with Crippen molar-refractivity contribution in [2.75, 3.05) is 7.11 Å². The van der Waals surface area contributed by atoms with Crippen LogP contribution in [-0.4, -0.2) is 19.1 Å². The van der Waals surface area contributed by atoms with Crippen LogP contribution in [-0.2, 0) is 11.3 Å². The Morgan fingerprint density at radius 3 is 2.55 bits per heavy atom. The van der Waals surface area contributed by atoms with Crippen molar-refractivity contribution >= 4 is 17.2 Å². The Balaban J connectivity index is 1.83. The first-order valence-corrected chi connectivity index (χ1v) is 7.18. The summed E-state index contributed by atoms with van der Waals surface area (Å²) in [6.45, 7) is 2.26. The van der Waals surface area contributed by atoms with Crippen molar-refractivity contribution in [1.82, 2.24) is 5.32 Å². The van der Waals surface area contributed by atoms with Crippen molar-refractivity contribution in [3.63, 3.8) is 0 Å². The molecule has 0 fully saturated rings. The average Bonchev–Trinajstić information content (AvgIpc) is 2.98. The summed E-state index contributed by atoms with van der Waals surface area (Å²) in [7, 11) is 1.61. The minimum absolute atomic E-state index is 0.130. The summed E-state index contributed by atoms with van der Waals surface area (Å²) < 4.78 is 10.6. The van der Waals surface area contributed by atoms with Gasteiger partial charge in [0.1, 0.15) is 11.5 Å². The third-order valence-electron chi connectivity index (χ3n) is 2.76. The second-order valence-corrected chi connectivity index (χ2v) is 5.27. The Morgan fingerprint density at radius 2 is 1.95 bits per heavy atom. The maximum absolute atomic E-state index is 11.9. The number of hydrogen-bond acceptors (Lipinski definition) is 4. The first kappa shape index (κ1) is 14.4. The lowest BCUT2D eigenvalue weighted by Crippen LogP contribution is -2.35. The predicted molar refractivity (Wildman–Crippen MR) is 79.2 cm³/mol. The Morgan fingerprint density at radius 1 is 1.25 bits per heavy atom. The van der Waals surface area contributed by atoms with E-state index < -0.39 is 6.10 Å². The second-order valence-electron chi connectivity index (χ2n) is 4.23. The van der Waals surface area contributed by atoms with Gasteiger partial charge in [-0.25, -0.2) is 0 Å². The van der Waals surface area contributed by atoms with Gasteiger partial charge in [-0.3, -0.25) is 4.79 Å². The molecule has 1 unspecified atom stereocenters. The fraction of sp³-hybridized carbons (Fsp3) is 0.267. The molecule has 1 aromatic heterocycles. The number of amides is 1. The van der Waals surface area contributed by atoms with E-state index in [0.29, 0.717) is 12.3 Å². The molecule has 1 heterocycles. The van der Waals surface area contributed by atoms with Gasteiger partial charge in [-0.1, -0.05) is 6.07 Å². The molecule has 0 aliphatic heterocycles. The molecule has 2 rings (SSSR count). The molecular formula is C15H17NO3S. The average molecular weight is 291 g/mol. The number of benzene rings is 1. The molecule has 0 radical (unpaired) electrons. The summed E-state index contributed by atoms with van der Waals surface area (Å²) in [4.78, 5) is 13.0. The van der Waals surface area contributed by atoms with E-state index in [2.05, 4.69) is 5.32 Å². The normalized spacial score (nSPS) is 11.7. The molecule has 2 aromatic rings. The molecule has 1 N–H and O–H groups in total. The molecule has 0 saturated heterocycles. The van der Waals surface area contributed by atoms with Crippen LogP contribution in [0.4, 0.5) is 0 Å². The van der Waals surface area contributed by atoms with Gasteiger partial charge < -0.3 is 14.8 Å². The first-order valence-electron chi connectivity index (χ1n) is 6.30. The van der Waals surface area contributed by atoms with Gasteiger partial charge in [-0.15, -0.1) is 11.3 Å². The van der Waals surface area contributed by atoms with E-state index in [1.807, 2.05) is 17.5 Å². The third kappa shape index (κ3) is 3.99. The molecule has 106 valence electrons. The Kier molecular flexibility index (Phi) is 5.01. The van der Waals surface area contributed by atoms with Crippen molar-refractivity contribution in [2.45, 2.75) is 19.6 Å². The second kappa shape index (κ2) is 6.96. The zero-order valence-electron chi connectivity index (χ0n) is 11.5. The lowest BCUT2D eigenvalue weighted by molar-refractivity contribution is -0.127. The quantitative estimate of drug-likeness (QED) is 0.890. The van der Waals surface area contributed by atoms with Crippen molar-refractivity contribution in [3.05, 3.63) is 46.7 Å². The number of carbonyl (C=O) groups excluding carboxylic acids is 1. The molecule has 1 aromatic carbocycles. The van der Waals surface area contributed by atoms with E-state index in [1.54, 1.807) is 49.6 Å². The van der Waals surface area contributed by atoms with Crippen molar-refractivity contribution in [1.29, 1.82) is 0 Å². The maximum atomic E-state index is 11.9. The highest BCUT2D eigenvalue weighted by Gasteiger charge is 2.14. The van der Waals surface area contributed by atoms with E-state index >= 15 is 0 Å². The standard InChI is InChI=1S/C15H17NO3S/c1-11(15(17)16-10-14-4-3-9-20-14)19-13-7-5-12(18-2)6-8-13/h3-9,11H,10H2,1-2H3,(H,16,17). The van der Waals surface area contributed by atoms with E-state index in [4.69, 9.17) is 9.47 Å². The summed E-state index contributed by atoms with van der Waals surface area (Å²) in [6, 6.07) is 11.1. The van der Waals surface area contributed by atoms with Crippen molar-refractivity contribution in [3.8, 4) is 11.5 Å². The number of rotatable bonds is 6. The molecule has 20 heavy (non-hydrogen) atoms. The summed E-state index contributed by atoms with van der Waals surface area (Å²) in [6.07, 6.45) is -0.539. The SMILES string of the molecule is COc1ccc(OC(C)C(=O)NCc2cccs2)cc1. The molecule has 5 heteroatoms. The first-order chi connectivity index (χ1) is 9.69. The molecule has 1 atom stereocenters. The number of hydrogen-bond donors (Lipinski definition) is 1. The van der Waals surface area contributed by atoms with Crippen LogP contribution in [0, 0.1) is 0 Å². The Hall–Kier alpha value is -2.01. The van der Waals surface area contributed by atoms with Crippen LogP contribution >= 0.6 is 11.3 Å². The van der Waals surface area contributed by atoms with Crippen LogP contribution in [0.25, 0.3) is 0 Å². The van der Waals surface area contributed by atoms with Gasteiger partial charge in [0.2, 0.25) is 0 Å². The molecule has 0 aliphatic carbocycles. The van der Waals surface area contributed by atoms with Crippen LogP contribution < -0.4 is 14.8 Å². The molecule has 0 spiro atoms. The van der Waals surface area contributed by atoms with E-state index in [-0.39, 0.29) is 5.91 Å². The molecular weight excluding hydrogens is 274 g/mol. The third-order valence-corrected chi connectivity index (χ3v) is 3.63. The zero-order valence-corrected chi connectivity index (χ0v) is 12.3. The Bertz CT molecular complexity index is 537. The molecule has 4 nitrogen and oxygen atoms in total. The molecule has 0 aliphatic rings. The Labute approximate surface area is 122 Å². The smallest absolute Gasteiger partial charge is 0.261 e. The monoisotopic (exact) mass is 291 g/mol. The summed E-state index contributed by atoms with van der Waals surface area (Å²) in [5, 5.41) is 4.83. The largest absolute Gasteiger partial charge is 0.497 e. The summed E-state index contributed by atoms with van der Waals surface area (Å²) in [5.74, 6) is 1.27. The lowest BCUT2D eigenvalue weighted by atomic mass is 10.3. The fourth-order valence-corrected chi connectivity index (χ4v) is 2.29. The summed E-state index contributed by atoms with van der Waals surface area (Å²) in [5.41, 5.74) is 0. The van der Waals surface area contributed by atoms with Gasteiger partial charge in [0.25, 0.3) is 5.91 Å². The van der Waals surface area contributed by atoms with Crippen LogP contribution in [0.2, 0.25) is 0 Å². The van der Waals surface area contributed by atoms with Gasteiger partial charge in [0, 0.05) is 4.88 Å². The number of thiophene rings is 1. The molecule has 1 amide bonds. The number of carbonyl (C=O) groups is 1. The lowest BCUT2D eigenvalue weighted by Gasteiger charge is -2.14. The van der Waals surface area contributed by atoms with Crippen LogP contribution in [0.1, 0.15) is 11.8 Å². The van der Waals surface area contributed by atoms with Crippen molar-refractivity contribution in [2.24, 2.45) is 0 Å². The fourth-order valence-electron chi connectivity index (χ4n) is 1.64. The van der Waals surface area contributed by atoms with Crippen molar-refractivity contribution < 1.29 is 14.3 Å². The van der Waals surface area contributed by atoms with Gasteiger partial charge in [-0.2, -0.15) is 0 Å². The van der Waals surface area contributed by atoms with Crippen LogP contribution in [0.5, 0.6) is 11.5 Å². The molecule has 0 bridgehead atoms. The van der Waals surface area contributed by atoms with Gasteiger partial charge in [0.05, 0.1) is 13.7 Å². The number of ether oxygens (including phenoxy) is 2. The number of methoxy groups -OCH3 is 1. The predicted octanol–water partition coefficient (Wildman–Crippen LogP) is 2.84. The molecule has 0 saturated carbocycles. The minimum Gasteiger partial charge on any atom is -0.497 e. The van der Waals surface area contributed by atoms with Gasteiger partial charge >= 0.3 is 0 Å². The van der Waals surface area contributed by atoms with Crippen LogP contribution in [0.3, 0.4) is 0 Å². The highest BCUT2D eigenvalue weighted by molar-refractivity contribution is 7.09. The topological polar surface area (TPSA) is 47.6 Å². The van der Waals surface area contributed by atoms with Crippen LogP contribution in [0.15, 0.2) is 41.8 Å². The van der Waals surface area contributed by atoms with E-state index in [1.165, 1.54) is 0 Å². The van der Waals surface area contributed by atoms with Gasteiger partial charge in [0.15, 0.2) is 6.10 Å².